The average molecular weight is 336 g/mol. The van der Waals surface area contributed by atoms with Gasteiger partial charge in [-0.1, -0.05) is 0 Å². The van der Waals surface area contributed by atoms with E-state index in [9.17, 15) is 8.42 Å². The van der Waals surface area contributed by atoms with Crippen molar-refractivity contribution in [3.05, 3.63) is 24.3 Å². The van der Waals surface area contributed by atoms with E-state index in [0.717, 1.165) is 18.1 Å². The second-order valence-corrected chi connectivity index (χ2v) is 8.83. The first kappa shape index (κ1) is 14.9. The molecule has 2 fully saturated rings. The molecule has 124 valence electrons. The molecular formula is C15H20N4O3S. The summed E-state index contributed by atoms with van der Waals surface area (Å²) in [5.41, 5.74) is 1.46. The van der Waals surface area contributed by atoms with Crippen molar-refractivity contribution in [3.8, 4) is 0 Å². The van der Waals surface area contributed by atoms with Crippen molar-refractivity contribution in [2.45, 2.75) is 30.6 Å². The monoisotopic (exact) mass is 336 g/mol. The van der Waals surface area contributed by atoms with E-state index in [1.807, 2.05) is 10.5 Å². The van der Waals surface area contributed by atoms with E-state index in [1.54, 1.807) is 12.5 Å². The Labute approximate surface area is 135 Å². The zero-order chi connectivity index (χ0) is 16.2. The van der Waals surface area contributed by atoms with Gasteiger partial charge in [0, 0.05) is 18.9 Å². The van der Waals surface area contributed by atoms with Crippen LogP contribution in [0.3, 0.4) is 0 Å². The molecule has 2 aromatic rings. The van der Waals surface area contributed by atoms with Crippen LogP contribution >= 0.6 is 0 Å². The number of fused-ring (bicyclic) bond motifs is 1. The van der Waals surface area contributed by atoms with Gasteiger partial charge < -0.3 is 9.64 Å². The molecule has 0 aromatic carbocycles. The SMILES string of the molecule is CC1COCCN1c1cc(C2(S(C)(=O)=O)CC2)n2cncc2n1. The largest absolute Gasteiger partial charge is 0.377 e. The highest BCUT2D eigenvalue weighted by Crippen LogP contribution is 2.52. The van der Waals surface area contributed by atoms with E-state index < -0.39 is 14.6 Å². The Kier molecular flexibility index (Phi) is 3.18. The summed E-state index contributed by atoms with van der Waals surface area (Å²) in [5.74, 6) is 0.804. The van der Waals surface area contributed by atoms with Crippen molar-refractivity contribution >= 4 is 21.3 Å². The minimum Gasteiger partial charge on any atom is -0.377 e. The van der Waals surface area contributed by atoms with Crippen LogP contribution in [0.1, 0.15) is 25.5 Å². The summed E-state index contributed by atoms with van der Waals surface area (Å²) in [6, 6.07) is 2.13. The molecule has 1 saturated carbocycles. The third-order valence-corrected chi connectivity index (χ3v) is 6.95. The highest BCUT2D eigenvalue weighted by Gasteiger charge is 2.55. The van der Waals surface area contributed by atoms with Crippen LogP contribution in [-0.2, 0) is 19.3 Å². The average Bonchev–Trinajstić information content (AvgIpc) is 3.19. The van der Waals surface area contributed by atoms with Crippen molar-refractivity contribution in [2.24, 2.45) is 0 Å². The predicted molar refractivity (Wildman–Crippen MR) is 86.4 cm³/mol. The van der Waals surface area contributed by atoms with Gasteiger partial charge in [-0.3, -0.25) is 4.40 Å². The Balaban J connectivity index is 1.89. The summed E-state index contributed by atoms with van der Waals surface area (Å²) in [4.78, 5) is 11.0. The maximum absolute atomic E-state index is 12.3. The third kappa shape index (κ3) is 2.23. The minimum atomic E-state index is -3.19. The van der Waals surface area contributed by atoms with E-state index in [1.165, 1.54) is 6.26 Å². The molecule has 1 aliphatic carbocycles. The summed E-state index contributed by atoms with van der Waals surface area (Å²) >= 11 is 0. The van der Waals surface area contributed by atoms with E-state index in [4.69, 9.17) is 4.74 Å². The fourth-order valence-electron chi connectivity index (χ4n) is 3.39. The zero-order valence-corrected chi connectivity index (χ0v) is 14.1. The predicted octanol–water partition coefficient (Wildman–Crippen LogP) is 0.988. The topological polar surface area (TPSA) is 76.8 Å². The summed E-state index contributed by atoms with van der Waals surface area (Å²) in [7, 11) is -3.19. The number of morpholine rings is 1. The minimum absolute atomic E-state index is 0.211. The van der Waals surface area contributed by atoms with Crippen LogP contribution in [-0.4, -0.2) is 54.8 Å². The highest BCUT2D eigenvalue weighted by molar-refractivity contribution is 7.91. The molecule has 0 N–H and O–H groups in total. The number of sulfone groups is 1. The molecule has 23 heavy (non-hydrogen) atoms. The van der Waals surface area contributed by atoms with Crippen molar-refractivity contribution in [3.63, 3.8) is 0 Å². The Morgan fingerprint density at radius 1 is 1.39 bits per heavy atom. The van der Waals surface area contributed by atoms with Crippen LogP contribution in [0.5, 0.6) is 0 Å². The van der Waals surface area contributed by atoms with E-state index in [0.29, 0.717) is 31.7 Å². The Morgan fingerprint density at radius 3 is 2.83 bits per heavy atom. The van der Waals surface area contributed by atoms with Gasteiger partial charge in [0.05, 0.1) is 31.1 Å². The molecule has 0 spiro atoms. The van der Waals surface area contributed by atoms with E-state index in [-0.39, 0.29) is 6.04 Å². The molecule has 1 aliphatic heterocycles. The van der Waals surface area contributed by atoms with Crippen molar-refractivity contribution in [1.82, 2.24) is 14.4 Å². The molecule has 1 unspecified atom stereocenters. The lowest BCUT2D eigenvalue weighted by molar-refractivity contribution is 0.0985. The third-order valence-electron chi connectivity index (χ3n) is 4.92. The Bertz CT molecular complexity index is 857. The number of hydrogen-bond acceptors (Lipinski definition) is 6. The summed E-state index contributed by atoms with van der Waals surface area (Å²) in [6.45, 7) is 4.15. The van der Waals surface area contributed by atoms with E-state index in [2.05, 4.69) is 21.8 Å². The molecule has 0 amide bonds. The van der Waals surface area contributed by atoms with Crippen LogP contribution in [0.25, 0.3) is 5.65 Å². The smallest absolute Gasteiger partial charge is 0.159 e. The fourth-order valence-corrected chi connectivity index (χ4v) is 4.77. The summed E-state index contributed by atoms with van der Waals surface area (Å²) in [6.07, 6.45) is 5.95. The molecule has 1 atom stereocenters. The van der Waals surface area contributed by atoms with Crippen molar-refractivity contribution < 1.29 is 13.2 Å². The molecule has 8 heteroatoms. The second kappa shape index (κ2) is 4.91. The van der Waals surface area contributed by atoms with Gasteiger partial charge in [-0.25, -0.2) is 18.4 Å². The number of aromatic nitrogens is 3. The van der Waals surface area contributed by atoms with Crippen LogP contribution in [0.15, 0.2) is 18.6 Å². The van der Waals surface area contributed by atoms with Gasteiger partial charge in [-0.05, 0) is 19.8 Å². The molecule has 3 heterocycles. The fraction of sp³-hybridized carbons (Fsp3) is 0.600. The number of imidazole rings is 1. The highest BCUT2D eigenvalue weighted by atomic mass is 32.2. The first-order valence-electron chi connectivity index (χ1n) is 7.80. The number of anilines is 1. The van der Waals surface area contributed by atoms with Gasteiger partial charge in [-0.15, -0.1) is 0 Å². The van der Waals surface area contributed by atoms with Crippen LogP contribution in [0, 0.1) is 0 Å². The Morgan fingerprint density at radius 2 is 2.17 bits per heavy atom. The van der Waals surface area contributed by atoms with Gasteiger partial charge in [0.2, 0.25) is 0 Å². The van der Waals surface area contributed by atoms with Gasteiger partial charge in [0.25, 0.3) is 0 Å². The maximum Gasteiger partial charge on any atom is 0.159 e. The zero-order valence-electron chi connectivity index (χ0n) is 13.3. The first-order chi connectivity index (χ1) is 10.9. The molecule has 7 nitrogen and oxygen atoms in total. The molecule has 0 radical (unpaired) electrons. The van der Waals surface area contributed by atoms with Gasteiger partial charge in [0.15, 0.2) is 15.5 Å². The van der Waals surface area contributed by atoms with E-state index >= 15 is 0 Å². The molecule has 4 rings (SSSR count). The lowest BCUT2D eigenvalue weighted by Crippen LogP contribution is -2.44. The maximum atomic E-state index is 12.3. The molecular weight excluding hydrogens is 316 g/mol. The normalized spacial score (nSPS) is 24.1. The second-order valence-electron chi connectivity index (χ2n) is 6.51. The van der Waals surface area contributed by atoms with Crippen molar-refractivity contribution in [1.29, 1.82) is 0 Å². The Hall–Kier alpha value is -1.67. The van der Waals surface area contributed by atoms with Crippen LogP contribution in [0.4, 0.5) is 5.82 Å². The standard InChI is InChI=1S/C15H20N4O3S/c1-11-9-22-6-5-18(11)13-7-12(15(3-4-15)23(2,20)21)19-10-16-8-14(19)17-13/h7-8,10-11H,3-6,9H2,1-2H3. The molecule has 2 aromatic heterocycles. The van der Waals surface area contributed by atoms with Gasteiger partial charge >= 0.3 is 0 Å². The number of rotatable bonds is 3. The summed E-state index contributed by atoms with van der Waals surface area (Å²) in [5, 5.41) is 0. The van der Waals surface area contributed by atoms with Crippen molar-refractivity contribution in [2.75, 3.05) is 30.9 Å². The molecule has 2 aliphatic rings. The molecule has 0 bridgehead atoms. The van der Waals surface area contributed by atoms with Crippen LogP contribution < -0.4 is 4.90 Å². The molecule has 1 saturated heterocycles. The van der Waals surface area contributed by atoms with Crippen LogP contribution in [0.2, 0.25) is 0 Å². The van der Waals surface area contributed by atoms with Gasteiger partial charge in [-0.2, -0.15) is 0 Å². The van der Waals surface area contributed by atoms with Gasteiger partial charge in [0.1, 0.15) is 16.9 Å². The number of nitrogens with zero attached hydrogens (tertiary/aromatic N) is 4. The lowest BCUT2D eigenvalue weighted by Gasteiger charge is -2.34. The quantitative estimate of drug-likeness (QED) is 0.832. The first-order valence-corrected chi connectivity index (χ1v) is 9.69. The number of hydrogen-bond donors (Lipinski definition) is 0. The number of ether oxygens (including phenoxy) is 1. The lowest BCUT2D eigenvalue weighted by atomic mass is 10.2. The summed E-state index contributed by atoms with van der Waals surface area (Å²) < 4.78 is 31.2.